The molecule has 0 amide bonds. The number of carbonyl (C=O) groups is 1. The maximum Gasteiger partial charge on any atom is 0.303 e. The van der Waals surface area contributed by atoms with Crippen molar-refractivity contribution in [3.63, 3.8) is 0 Å². The lowest BCUT2D eigenvalue weighted by molar-refractivity contribution is -0.136. The number of nitrogens with zero attached hydrogens (tertiary/aromatic N) is 1. The lowest BCUT2D eigenvalue weighted by atomic mass is 10.0. The molecule has 0 spiro atoms. The Bertz CT molecular complexity index is 581. The third-order valence-corrected chi connectivity index (χ3v) is 2.83. The maximum absolute atomic E-state index is 10.6. The molecule has 0 fully saturated rings. The average molecular weight is 250 g/mol. The van der Waals surface area contributed by atoms with Crippen LogP contribution >= 0.6 is 11.6 Å². The summed E-state index contributed by atoms with van der Waals surface area (Å²) in [5.41, 5.74) is 2.73. The van der Waals surface area contributed by atoms with Gasteiger partial charge in [-0.15, -0.1) is 0 Å². The van der Waals surface area contributed by atoms with E-state index in [0.717, 1.165) is 22.2 Å². The lowest BCUT2D eigenvalue weighted by Gasteiger charge is -2.07. The molecule has 0 unspecified atom stereocenters. The van der Waals surface area contributed by atoms with E-state index in [-0.39, 0.29) is 6.42 Å². The number of pyridine rings is 1. The molecule has 1 heterocycles. The molecule has 0 aliphatic heterocycles. The Labute approximate surface area is 104 Å². The zero-order valence-corrected chi connectivity index (χ0v) is 10.2. The van der Waals surface area contributed by atoms with Crippen molar-refractivity contribution in [3.05, 3.63) is 40.5 Å². The van der Waals surface area contributed by atoms with Crippen LogP contribution < -0.4 is 0 Å². The summed E-state index contributed by atoms with van der Waals surface area (Å²) in [5.74, 6) is -0.797. The van der Waals surface area contributed by atoms with Crippen LogP contribution in [0.1, 0.15) is 17.7 Å². The van der Waals surface area contributed by atoms with Crippen LogP contribution in [0, 0.1) is 6.92 Å². The summed E-state index contributed by atoms with van der Waals surface area (Å²) in [7, 11) is 0. The Balaban J connectivity index is 2.51. The zero-order valence-electron chi connectivity index (χ0n) is 9.40. The van der Waals surface area contributed by atoms with Gasteiger partial charge >= 0.3 is 5.97 Å². The van der Waals surface area contributed by atoms with Crippen LogP contribution in [0.5, 0.6) is 0 Å². The van der Waals surface area contributed by atoms with E-state index in [1.807, 2.05) is 25.1 Å². The molecule has 0 atom stereocenters. The highest BCUT2D eigenvalue weighted by atomic mass is 35.5. The second kappa shape index (κ2) is 4.72. The van der Waals surface area contributed by atoms with Crippen molar-refractivity contribution in [2.24, 2.45) is 0 Å². The summed E-state index contributed by atoms with van der Waals surface area (Å²) < 4.78 is 0. The van der Waals surface area contributed by atoms with E-state index in [4.69, 9.17) is 16.7 Å². The topological polar surface area (TPSA) is 50.2 Å². The summed E-state index contributed by atoms with van der Waals surface area (Å²) in [6.07, 6.45) is 0.612. The van der Waals surface area contributed by atoms with E-state index in [9.17, 15) is 4.79 Å². The molecule has 2 rings (SSSR count). The smallest absolute Gasteiger partial charge is 0.303 e. The summed E-state index contributed by atoms with van der Waals surface area (Å²) in [6.45, 7) is 1.90. The fourth-order valence-electron chi connectivity index (χ4n) is 1.86. The van der Waals surface area contributed by atoms with Crippen molar-refractivity contribution in [3.8, 4) is 0 Å². The Kier molecular flexibility index (Phi) is 3.29. The molecule has 17 heavy (non-hydrogen) atoms. The van der Waals surface area contributed by atoms with Crippen LogP contribution in [0.25, 0.3) is 10.9 Å². The second-order valence-corrected chi connectivity index (χ2v) is 4.41. The monoisotopic (exact) mass is 249 g/mol. The molecule has 88 valence electrons. The molecule has 0 saturated heterocycles. The first-order valence-corrected chi connectivity index (χ1v) is 5.71. The van der Waals surface area contributed by atoms with E-state index in [1.54, 1.807) is 6.07 Å². The highest BCUT2D eigenvalue weighted by Crippen LogP contribution is 2.23. The third kappa shape index (κ3) is 2.74. The minimum Gasteiger partial charge on any atom is -0.481 e. The molecule has 0 radical (unpaired) electrons. The van der Waals surface area contributed by atoms with Crippen LogP contribution in [0.2, 0.25) is 5.02 Å². The minimum atomic E-state index is -0.797. The molecule has 2 aromatic rings. The maximum atomic E-state index is 10.6. The average Bonchev–Trinajstić information content (AvgIpc) is 2.26. The first-order chi connectivity index (χ1) is 8.06. The number of aromatic nitrogens is 1. The van der Waals surface area contributed by atoms with Crippen molar-refractivity contribution in [2.75, 3.05) is 0 Å². The first-order valence-electron chi connectivity index (χ1n) is 5.34. The summed E-state index contributed by atoms with van der Waals surface area (Å²) in [6, 6.07) is 7.40. The van der Waals surface area contributed by atoms with E-state index >= 15 is 0 Å². The molecular weight excluding hydrogens is 238 g/mol. The van der Waals surface area contributed by atoms with Gasteiger partial charge in [-0.2, -0.15) is 0 Å². The number of rotatable bonds is 3. The summed E-state index contributed by atoms with van der Waals surface area (Å²) >= 11 is 5.95. The van der Waals surface area contributed by atoms with Crippen LogP contribution in [0.4, 0.5) is 0 Å². The molecule has 0 bridgehead atoms. The predicted octanol–water partition coefficient (Wildman–Crippen LogP) is 3.21. The Morgan fingerprint density at radius 3 is 2.88 bits per heavy atom. The molecule has 4 heteroatoms. The number of halogens is 1. The summed E-state index contributed by atoms with van der Waals surface area (Å²) in [4.78, 5) is 15.0. The van der Waals surface area contributed by atoms with Gasteiger partial charge in [0, 0.05) is 22.5 Å². The lowest BCUT2D eigenvalue weighted by Crippen LogP contribution is -1.99. The third-order valence-electron chi connectivity index (χ3n) is 2.59. The largest absolute Gasteiger partial charge is 0.481 e. The molecular formula is C13H12ClNO2. The highest BCUT2D eigenvalue weighted by Gasteiger charge is 2.06. The van der Waals surface area contributed by atoms with Crippen LogP contribution in [0.15, 0.2) is 24.3 Å². The zero-order chi connectivity index (χ0) is 12.4. The number of benzene rings is 1. The minimum absolute atomic E-state index is 0.116. The molecule has 1 aromatic heterocycles. The molecule has 0 saturated carbocycles. The van der Waals surface area contributed by atoms with Crippen molar-refractivity contribution in [2.45, 2.75) is 19.8 Å². The number of fused-ring (bicyclic) bond motifs is 1. The molecule has 1 N–H and O–H groups in total. The standard InChI is InChI=1S/C13H12ClNO2/c1-8-6-9(2-5-13(16)17)11-7-10(14)3-4-12(11)15-8/h3-4,6-7H,2,5H2,1H3,(H,16,17). The van der Waals surface area contributed by atoms with Gasteiger partial charge in [0.2, 0.25) is 0 Å². The number of carboxylic acids is 1. The fraction of sp³-hybridized carbons (Fsp3) is 0.231. The number of hydrogen-bond donors (Lipinski definition) is 1. The van der Waals surface area contributed by atoms with E-state index < -0.39 is 5.97 Å². The number of aliphatic carboxylic acids is 1. The van der Waals surface area contributed by atoms with Gasteiger partial charge in [-0.1, -0.05) is 11.6 Å². The molecule has 3 nitrogen and oxygen atoms in total. The fourth-order valence-corrected chi connectivity index (χ4v) is 2.04. The Morgan fingerprint density at radius 1 is 1.41 bits per heavy atom. The van der Waals surface area contributed by atoms with Gasteiger partial charge in [0.1, 0.15) is 0 Å². The van der Waals surface area contributed by atoms with Gasteiger partial charge < -0.3 is 5.11 Å². The SMILES string of the molecule is Cc1cc(CCC(=O)O)c2cc(Cl)ccc2n1. The normalized spacial score (nSPS) is 10.7. The van der Waals surface area contributed by atoms with Crippen molar-refractivity contribution in [1.82, 2.24) is 4.98 Å². The van der Waals surface area contributed by atoms with Gasteiger partial charge in [-0.25, -0.2) is 0 Å². The molecule has 0 aliphatic rings. The molecule has 0 aliphatic carbocycles. The number of hydrogen-bond acceptors (Lipinski definition) is 2. The van der Waals surface area contributed by atoms with Gasteiger partial charge in [-0.05, 0) is 43.2 Å². The van der Waals surface area contributed by atoms with Gasteiger partial charge in [0.05, 0.1) is 5.52 Å². The first kappa shape index (κ1) is 11.9. The second-order valence-electron chi connectivity index (χ2n) is 3.98. The number of carboxylic acid groups (broad SMARTS) is 1. The van der Waals surface area contributed by atoms with Crippen molar-refractivity contribution >= 4 is 28.5 Å². The molecule has 1 aromatic carbocycles. The quantitative estimate of drug-likeness (QED) is 0.909. The van der Waals surface area contributed by atoms with Crippen molar-refractivity contribution in [1.29, 1.82) is 0 Å². The van der Waals surface area contributed by atoms with Gasteiger partial charge in [0.25, 0.3) is 0 Å². The van der Waals surface area contributed by atoms with Crippen molar-refractivity contribution < 1.29 is 9.90 Å². The predicted molar refractivity (Wildman–Crippen MR) is 67.4 cm³/mol. The van der Waals surface area contributed by atoms with E-state index in [1.165, 1.54) is 0 Å². The van der Waals surface area contributed by atoms with Crippen LogP contribution in [-0.2, 0) is 11.2 Å². The van der Waals surface area contributed by atoms with Crippen LogP contribution in [0.3, 0.4) is 0 Å². The number of aryl methyl sites for hydroxylation is 2. The van der Waals surface area contributed by atoms with Crippen LogP contribution in [-0.4, -0.2) is 16.1 Å². The van der Waals surface area contributed by atoms with Gasteiger partial charge in [0.15, 0.2) is 0 Å². The Hall–Kier alpha value is -1.61. The Morgan fingerprint density at radius 2 is 2.18 bits per heavy atom. The summed E-state index contributed by atoms with van der Waals surface area (Å²) in [5, 5.41) is 10.3. The van der Waals surface area contributed by atoms with E-state index in [2.05, 4.69) is 4.98 Å². The highest BCUT2D eigenvalue weighted by molar-refractivity contribution is 6.31. The van der Waals surface area contributed by atoms with Gasteiger partial charge in [-0.3, -0.25) is 9.78 Å². The van der Waals surface area contributed by atoms with E-state index in [0.29, 0.717) is 11.4 Å².